The molecule has 0 spiro atoms. The summed E-state index contributed by atoms with van der Waals surface area (Å²) in [7, 11) is 0. The lowest BCUT2D eigenvalue weighted by Crippen LogP contribution is -2.29. The second-order valence-electron chi connectivity index (χ2n) is 7.15. The van der Waals surface area contributed by atoms with Gasteiger partial charge in [-0.05, 0) is 44.1 Å². The van der Waals surface area contributed by atoms with Gasteiger partial charge in [0.25, 0.3) is 0 Å². The molecule has 4 heterocycles. The highest BCUT2D eigenvalue weighted by atomic mass is 16.3. The van der Waals surface area contributed by atoms with Crippen molar-refractivity contribution in [1.29, 1.82) is 0 Å². The third kappa shape index (κ3) is 3.17. The van der Waals surface area contributed by atoms with Crippen molar-refractivity contribution in [3.05, 3.63) is 48.4 Å². The summed E-state index contributed by atoms with van der Waals surface area (Å²) in [4.78, 5) is 20.5. The van der Waals surface area contributed by atoms with E-state index in [4.69, 9.17) is 10.2 Å². The van der Waals surface area contributed by atoms with E-state index in [0.717, 1.165) is 48.9 Å². The minimum absolute atomic E-state index is 0.280. The Hall–Kier alpha value is -3.52. The highest BCUT2D eigenvalue weighted by Crippen LogP contribution is 2.33. The van der Waals surface area contributed by atoms with Crippen LogP contribution in [0.25, 0.3) is 33.7 Å². The molecule has 8 heteroatoms. The SMILES string of the molecule is Nc1ncc(-c2cn(C3CCNCC3)nc2C=O)cc1-c1nc2ccccc2o1. The van der Waals surface area contributed by atoms with Gasteiger partial charge in [0.2, 0.25) is 5.89 Å². The first-order chi connectivity index (χ1) is 14.2. The maximum absolute atomic E-state index is 11.7. The summed E-state index contributed by atoms with van der Waals surface area (Å²) in [5.74, 6) is 0.718. The predicted octanol–water partition coefficient (Wildman–Crippen LogP) is 3.07. The lowest BCUT2D eigenvalue weighted by atomic mass is 10.1. The Morgan fingerprint density at radius 3 is 2.83 bits per heavy atom. The topological polar surface area (TPSA) is 112 Å². The lowest BCUT2D eigenvalue weighted by molar-refractivity contribution is 0.111. The van der Waals surface area contributed by atoms with Crippen molar-refractivity contribution >= 4 is 23.2 Å². The van der Waals surface area contributed by atoms with Crippen LogP contribution in [0.5, 0.6) is 0 Å². The van der Waals surface area contributed by atoms with Gasteiger partial charge in [-0.2, -0.15) is 5.10 Å². The maximum atomic E-state index is 11.7. The van der Waals surface area contributed by atoms with Gasteiger partial charge in [0.1, 0.15) is 17.0 Å². The van der Waals surface area contributed by atoms with E-state index in [-0.39, 0.29) is 6.04 Å². The standard InChI is InChI=1S/C21H20N6O2/c22-20-15(21-25-17-3-1-2-4-19(17)29-21)9-13(10-24-20)16-11-27(26-18(16)12-28)14-5-7-23-8-6-14/h1-4,9-12,14,23H,5-8H2,(H2,22,24). The molecule has 3 aromatic heterocycles. The summed E-state index contributed by atoms with van der Waals surface area (Å²) in [6.07, 6.45) is 6.31. The number of carbonyl (C=O) groups excluding carboxylic acids is 1. The molecule has 1 fully saturated rings. The molecule has 5 rings (SSSR count). The normalized spacial score (nSPS) is 15.0. The van der Waals surface area contributed by atoms with Crippen LogP contribution in [-0.4, -0.2) is 39.1 Å². The van der Waals surface area contributed by atoms with Crippen LogP contribution in [0.15, 0.2) is 47.1 Å². The van der Waals surface area contributed by atoms with Crippen LogP contribution in [0, 0.1) is 0 Å². The Morgan fingerprint density at radius 1 is 1.21 bits per heavy atom. The van der Waals surface area contributed by atoms with Crippen LogP contribution in [0.4, 0.5) is 5.82 Å². The number of anilines is 1. The first-order valence-electron chi connectivity index (χ1n) is 9.60. The first-order valence-corrected chi connectivity index (χ1v) is 9.60. The van der Waals surface area contributed by atoms with Gasteiger partial charge < -0.3 is 15.5 Å². The van der Waals surface area contributed by atoms with Crippen LogP contribution in [0.3, 0.4) is 0 Å². The van der Waals surface area contributed by atoms with Gasteiger partial charge in [-0.15, -0.1) is 0 Å². The van der Waals surface area contributed by atoms with Gasteiger partial charge in [-0.3, -0.25) is 9.48 Å². The van der Waals surface area contributed by atoms with E-state index in [2.05, 4.69) is 20.4 Å². The summed E-state index contributed by atoms with van der Waals surface area (Å²) in [6, 6.07) is 9.65. The van der Waals surface area contributed by atoms with Gasteiger partial charge in [0, 0.05) is 23.5 Å². The smallest absolute Gasteiger partial charge is 0.231 e. The molecule has 29 heavy (non-hydrogen) atoms. The number of benzene rings is 1. The Labute approximate surface area is 166 Å². The Morgan fingerprint density at radius 2 is 2.03 bits per heavy atom. The molecule has 1 aliphatic heterocycles. The summed E-state index contributed by atoms with van der Waals surface area (Å²) in [5.41, 5.74) is 9.99. The van der Waals surface area contributed by atoms with Crippen molar-refractivity contribution in [2.45, 2.75) is 18.9 Å². The van der Waals surface area contributed by atoms with E-state index in [1.807, 2.05) is 41.2 Å². The Bertz CT molecular complexity index is 1160. The predicted molar refractivity (Wildman–Crippen MR) is 109 cm³/mol. The average molecular weight is 388 g/mol. The van der Waals surface area contributed by atoms with Crippen LogP contribution in [-0.2, 0) is 0 Å². The molecule has 1 aliphatic rings. The van der Waals surface area contributed by atoms with Crippen molar-refractivity contribution in [2.24, 2.45) is 0 Å². The second kappa shape index (κ2) is 7.14. The van der Waals surface area contributed by atoms with Crippen molar-refractivity contribution in [3.8, 4) is 22.6 Å². The molecule has 0 aliphatic carbocycles. The maximum Gasteiger partial charge on any atom is 0.231 e. The number of hydrogen-bond acceptors (Lipinski definition) is 7. The number of aldehydes is 1. The molecule has 1 aromatic carbocycles. The fourth-order valence-corrected chi connectivity index (χ4v) is 3.75. The zero-order valence-corrected chi connectivity index (χ0v) is 15.7. The number of pyridine rings is 1. The van der Waals surface area contributed by atoms with E-state index in [0.29, 0.717) is 28.5 Å². The van der Waals surface area contributed by atoms with Gasteiger partial charge >= 0.3 is 0 Å². The summed E-state index contributed by atoms with van der Waals surface area (Å²) in [6.45, 7) is 1.89. The van der Waals surface area contributed by atoms with Gasteiger partial charge in [0.15, 0.2) is 11.9 Å². The number of nitrogens with two attached hydrogens (primary N) is 1. The van der Waals surface area contributed by atoms with Gasteiger partial charge in [-0.25, -0.2) is 9.97 Å². The highest BCUT2D eigenvalue weighted by Gasteiger charge is 2.20. The van der Waals surface area contributed by atoms with E-state index in [1.165, 1.54) is 0 Å². The number of nitrogen functional groups attached to an aromatic ring is 1. The van der Waals surface area contributed by atoms with E-state index >= 15 is 0 Å². The molecule has 1 saturated heterocycles. The molecule has 3 N–H and O–H groups in total. The molecular formula is C21H20N6O2. The number of rotatable bonds is 4. The van der Waals surface area contributed by atoms with Crippen LogP contribution in [0.1, 0.15) is 29.4 Å². The quantitative estimate of drug-likeness (QED) is 0.517. The average Bonchev–Trinajstić information content (AvgIpc) is 3.39. The number of carbonyl (C=O) groups is 1. The molecule has 0 bridgehead atoms. The van der Waals surface area contributed by atoms with Crippen molar-refractivity contribution in [1.82, 2.24) is 25.1 Å². The molecule has 0 radical (unpaired) electrons. The van der Waals surface area contributed by atoms with Crippen LogP contribution < -0.4 is 11.1 Å². The molecular weight excluding hydrogens is 368 g/mol. The zero-order valence-electron chi connectivity index (χ0n) is 15.7. The molecule has 0 atom stereocenters. The van der Waals surface area contributed by atoms with Crippen LogP contribution in [0.2, 0.25) is 0 Å². The van der Waals surface area contributed by atoms with Gasteiger partial charge in [-0.1, -0.05) is 12.1 Å². The molecule has 8 nitrogen and oxygen atoms in total. The van der Waals surface area contributed by atoms with E-state index in [1.54, 1.807) is 6.20 Å². The first kappa shape index (κ1) is 17.6. The Kier molecular flexibility index (Phi) is 4.33. The molecule has 0 saturated carbocycles. The number of fused-ring (bicyclic) bond motifs is 1. The van der Waals surface area contributed by atoms with Crippen molar-refractivity contribution in [3.63, 3.8) is 0 Å². The monoisotopic (exact) mass is 388 g/mol. The molecule has 0 unspecified atom stereocenters. The molecule has 146 valence electrons. The van der Waals surface area contributed by atoms with Crippen LogP contribution >= 0.6 is 0 Å². The number of oxazole rings is 1. The summed E-state index contributed by atoms with van der Waals surface area (Å²) in [5, 5.41) is 7.85. The zero-order chi connectivity index (χ0) is 19.8. The van der Waals surface area contributed by atoms with E-state index < -0.39 is 0 Å². The number of nitrogens with one attached hydrogen (secondary N) is 1. The number of piperidine rings is 1. The van der Waals surface area contributed by atoms with Crippen molar-refractivity contribution < 1.29 is 9.21 Å². The third-order valence-electron chi connectivity index (χ3n) is 5.31. The lowest BCUT2D eigenvalue weighted by Gasteiger charge is -2.22. The minimum Gasteiger partial charge on any atom is -0.436 e. The summed E-state index contributed by atoms with van der Waals surface area (Å²) >= 11 is 0. The number of aromatic nitrogens is 4. The molecule has 4 aromatic rings. The third-order valence-corrected chi connectivity index (χ3v) is 5.31. The number of nitrogens with zero attached hydrogens (tertiary/aromatic N) is 4. The number of hydrogen-bond donors (Lipinski definition) is 2. The Balaban J connectivity index is 1.57. The van der Waals surface area contributed by atoms with Gasteiger partial charge in [0.05, 0.1) is 11.6 Å². The highest BCUT2D eigenvalue weighted by molar-refractivity contribution is 5.87. The summed E-state index contributed by atoms with van der Waals surface area (Å²) < 4.78 is 7.75. The fourth-order valence-electron chi connectivity index (χ4n) is 3.75. The minimum atomic E-state index is 0.280. The fraction of sp³-hybridized carbons (Fsp3) is 0.238. The largest absolute Gasteiger partial charge is 0.436 e. The number of para-hydroxylation sites is 2. The second-order valence-corrected chi connectivity index (χ2v) is 7.15. The van der Waals surface area contributed by atoms with E-state index in [9.17, 15) is 4.79 Å². The van der Waals surface area contributed by atoms with Crippen molar-refractivity contribution in [2.75, 3.05) is 18.8 Å². The molecule has 0 amide bonds.